The third kappa shape index (κ3) is 3.70. The molecule has 0 saturated carbocycles. The number of aliphatic hydroxyl groups is 2. The van der Waals surface area contributed by atoms with E-state index in [9.17, 15) is 5.11 Å². The first-order valence-corrected chi connectivity index (χ1v) is 5.33. The molecule has 0 bridgehead atoms. The second-order valence-electron chi connectivity index (χ2n) is 3.06. The van der Waals surface area contributed by atoms with Crippen LogP contribution in [-0.4, -0.2) is 36.6 Å². The molecule has 1 atom stereocenters. The molecule has 0 aromatic heterocycles. The summed E-state index contributed by atoms with van der Waals surface area (Å²) >= 11 is 3.37. The van der Waals surface area contributed by atoms with Crippen LogP contribution in [0.1, 0.15) is 0 Å². The Labute approximate surface area is 97.0 Å². The average molecular weight is 276 g/mol. The topological polar surface area (TPSA) is 61.7 Å². The van der Waals surface area contributed by atoms with Crippen molar-refractivity contribution >= 4 is 21.6 Å². The number of anilines is 1. The largest absolute Gasteiger partial charge is 0.497 e. The van der Waals surface area contributed by atoms with Gasteiger partial charge in [-0.25, -0.2) is 0 Å². The van der Waals surface area contributed by atoms with E-state index in [0.717, 1.165) is 15.9 Å². The van der Waals surface area contributed by atoms with E-state index in [2.05, 4.69) is 21.2 Å². The van der Waals surface area contributed by atoms with Crippen molar-refractivity contribution < 1.29 is 14.9 Å². The zero-order valence-electron chi connectivity index (χ0n) is 8.40. The van der Waals surface area contributed by atoms with E-state index in [1.807, 2.05) is 18.2 Å². The molecule has 4 nitrogen and oxygen atoms in total. The Kier molecular flexibility index (Phi) is 4.87. The summed E-state index contributed by atoms with van der Waals surface area (Å²) in [4.78, 5) is 0. The average Bonchev–Trinajstić information content (AvgIpc) is 2.27. The van der Waals surface area contributed by atoms with Crippen LogP contribution < -0.4 is 10.1 Å². The summed E-state index contributed by atoms with van der Waals surface area (Å²) in [6, 6.07) is 5.50. The van der Waals surface area contributed by atoms with Gasteiger partial charge in [-0.1, -0.05) is 0 Å². The fourth-order valence-electron chi connectivity index (χ4n) is 1.06. The first-order valence-electron chi connectivity index (χ1n) is 4.53. The Hall–Kier alpha value is -0.780. The molecule has 1 aromatic carbocycles. The fraction of sp³-hybridized carbons (Fsp3) is 0.400. The third-order valence-electron chi connectivity index (χ3n) is 1.91. The molecule has 0 fully saturated rings. The molecule has 84 valence electrons. The van der Waals surface area contributed by atoms with Crippen molar-refractivity contribution in [3.8, 4) is 5.75 Å². The second-order valence-corrected chi connectivity index (χ2v) is 3.92. The minimum absolute atomic E-state index is 0.255. The van der Waals surface area contributed by atoms with Gasteiger partial charge in [0.05, 0.1) is 25.5 Å². The number of methoxy groups -OCH3 is 1. The number of hydrogen-bond donors (Lipinski definition) is 3. The molecule has 0 aliphatic rings. The predicted molar refractivity (Wildman–Crippen MR) is 62.3 cm³/mol. The summed E-state index contributed by atoms with van der Waals surface area (Å²) in [5.41, 5.74) is 0.821. The van der Waals surface area contributed by atoms with Gasteiger partial charge in [-0.05, 0) is 28.1 Å². The number of ether oxygens (including phenoxy) is 1. The van der Waals surface area contributed by atoms with Crippen LogP contribution in [-0.2, 0) is 0 Å². The van der Waals surface area contributed by atoms with Gasteiger partial charge in [0.25, 0.3) is 0 Å². The van der Waals surface area contributed by atoms with Crippen LogP contribution in [0.15, 0.2) is 22.7 Å². The highest BCUT2D eigenvalue weighted by molar-refractivity contribution is 9.10. The van der Waals surface area contributed by atoms with E-state index >= 15 is 0 Å². The normalized spacial score (nSPS) is 12.3. The number of aliphatic hydroxyl groups excluding tert-OH is 2. The van der Waals surface area contributed by atoms with Crippen molar-refractivity contribution in [2.24, 2.45) is 0 Å². The molecule has 0 amide bonds. The summed E-state index contributed by atoms with van der Waals surface area (Å²) in [6.07, 6.45) is -0.761. The van der Waals surface area contributed by atoms with Crippen molar-refractivity contribution in [3.63, 3.8) is 0 Å². The minimum Gasteiger partial charge on any atom is -0.497 e. The van der Waals surface area contributed by atoms with E-state index < -0.39 is 6.10 Å². The maximum atomic E-state index is 9.18. The Bertz CT molecular complexity index is 320. The van der Waals surface area contributed by atoms with Crippen LogP contribution in [0.4, 0.5) is 5.69 Å². The van der Waals surface area contributed by atoms with Gasteiger partial charge in [-0.3, -0.25) is 0 Å². The number of benzene rings is 1. The lowest BCUT2D eigenvalue weighted by atomic mass is 10.3. The number of hydrogen-bond acceptors (Lipinski definition) is 4. The van der Waals surface area contributed by atoms with Crippen LogP contribution in [0.5, 0.6) is 5.75 Å². The summed E-state index contributed by atoms with van der Waals surface area (Å²) in [5.74, 6) is 0.735. The van der Waals surface area contributed by atoms with Crippen molar-refractivity contribution in [1.82, 2.24) is 0 Å². The third-order valence-corrected chi connectivity index (χ3v) is 2.60. The maximum absolute atomic E-state index is 9.18. The number of halogens is 1. The van der Waals surface area contributed by atoms with Crippen LogP contribution in [0.25, 0.3) is 0 Å². The molecule has 0 aliphatic carbocycles. The SMILES string of the molecule is COc1ccc(Br)c(NC[C@H](O)CO)c1. The molecular formula is C10H14BrNO3. The van der Waals surface area contributed by atoms with Gasteiger partial charge >= 0.3 is 0 Å². The molecule has 0 saturated heterocycles. The van der Waals surface area contributed by atoms with Crippen molar-refractivity contribution in [2.75, 3.05) is 25.6 Å². The standard InChI is InChI=1S/C10H14BrNO3/c1-15-8-2-3-9(11)10(4-8)12-5-7(14)6-13/h2-4,7,12-14H,5-6H2,1H3/t7-/m0/s1. The molecule has 1 aromatic rings. The van der Waals surface area contributed by atoms with Crippen LogP contribution >= 0.6 is 15.9 Å². The van der Waals surface area contributed by atoms with Gasteiger partial charge in [0, 0.05) is 17.1 Å². The Morgan fingerprint density at radius 3 is 2.87 bits per heavy atom. The lowest BCUT2D eigenvalue weighted by molar-refractivity contribution is 0.105. The lowest BCUT2D eigenvalue weighted by Gasteiger charge is -2.12. The van der Waals surface area contributed by atoms with E-state index in [0.29, 0.717) is 6.54 Å². The molecule has 3 N–H and O–H groups in total. The lowest BCUT2D eigenvalue weighted by Crippen LogP contribution is -2.23. The van der Waals surface area contributed by atoms with Crippen LogP contribution in [0, 0.1) is 0 Å². The van der Waals surface area contributed by atoms with Crippen LogP contribution in [0.2, 0.25) is 0 Å². The van der Waals surface area contributed by atoms with Crippen LogP contribution in [0.3, 0.4) is 0 Å². The molecule has 0 aliphatic heterocycles. The highest BCUT2D eigenvalue weighted by Gasteiger charge is 2.05. The Morgan fingerprint density at radius 1 is 1.53 bits per heavy atom. The molecule has 15 heavy (non-hydrogen) atoms. The van der Waals surface area contributed by atoms with E-state index in [1.165, 1.54) is 0 Å². The summed E-state index contributed by atoms with van der Waals surface area (Å²) < 4.78 is 5.95. The highest BCUT2D eigenvalue weighted by atomic mass is 79.9. The van der Waals surface area contributed by atoms with Crippen molar-refractivity contribution in [1.29, 1.82) is 0 Å². The minimum atomic E-state index is -0.761. The second kappa shape index (κ2) is 5.95. The maximum Gasteiger partial charge on any atom is 0.121 e. The first-order chi connectivity index (χ1) is 7.17. The smallest absolute Gasteiger partial charge is 0.121 e. The Balaban J connectivity index is 2.66. The fourth-order valence-corrected chi connectivity index (χ4v) is 1.45. The van der Waals surface area contributed by atoms with Crippen molar-refractivity contribution in [2.45, 2.75) is 6.10 Å². The van der Waals surface area contributed by atoms with Gasteiger partial charge < -0.3 is 20.3 Å². The first kappa shape index (κ1) is 12.3. The van der Waals surface area contributed by atoms with E-state index in [-0.39, 0.29) is 6.61 Å². The summed E-state index contributed by atoms with van der Waals surface area (Å²) in [5, 5.41) is 20.8. The molecule has 0 spiro atoms. The van der Waals surface area contributed by atoms with Gasteiger partial charge in [-0.2, -0.15) is 0 Å². The number of rotatable bonds is 5. The van der Waals surface area contributed by atoms with Gasteiger partial charge in [0.2, 0.25) is 0 Å². The quantitative estimate of drug-likeness (QED) is 0.756. The zero-order valence-corrected chi connectivity index (χ0v) is 9.99. The zero-order chi connectivity index (χ0) is 11.3. The molecule has 0 radical (unpaired) electrons. The number of nitrogens with one attached hydrogen (secondary N) is 1. The monoisotopic (exact) mass is 275 g/mol. The van der Waals surface area contributed by atoms with Gasteiger partial charge in [-0.15, -0.1) is 0 Å². The van der Waals surface area contributed by atoms with Crippen molar-refractivity contribution in [3.05, 3.63) is 22.7 Å². The Morgan fingerprint density at radius 2 is 2.27 bits per heavy atom. The molecule has 5 heteroatoms. The predicted octanol–water partition coefficient (Wildman–Crippen LogP) is 1.22. The highest BCUT2D eigenvalue weighted by Crippen LogP contribution is 2.26. The summed E-state index contributed by atoms with van der Waals surface area (Å²) in [6.45, 7) is 0.0385. The van der Waals surface area contributed by atoms with Gasteiger partial charge in [0.1, 0.15) is 5.75 Å². The molecule has 0 heterocycles. The molecular weight excluding hydrogens is 262 g/mol. The van der Waals surface area contributed by atoms with E-state index in [4.69, 9.17) is 9.84 Å². The van der Waals surface area contributed by atoms with Gasteiger partial charge in [0.15, 0.2) is 0 Å². The summed E-state index contributed by atoms with van der Waals surface area (Å²) in [7, 11) is 1.59. The molecule has 1 rings (SSSR count). The van der Waals surface area contributed by atoms with E-state index in [1.54, 1.807) is 7.11 Å². The molecule has 0 unspecified atom stereocenters.